The van der Waals surface area contributed by atoms with Crippen molar-refractivity contribution < 1.29 is 29.0 Å². The molecule has 1 N–H and O–H groups in total. The second kappa shape index (κ2) is 9.88. The molecule has 6 nitrogen and oxygen atoms in total. The number of carbonyl (C=O) groups excluding carboxylic acids is 3. The highest BCUT2D eigenvalue weighted by Crippen LogP contribution is 2.12. The third-order valence-electron chi connectivity index (χ3n) is 3.24. The lowest BCUT2D eigenvalue weighted by Crippen LogP contribution is -2.01. The van der Waals surface area contributed by atoms with E-state index in [1.165, 1.54) is 20.8 Å². The molecule has 0 aliphatic carbocycles. The molecule has 0 bridgehead atoms. The lowest BCUT2D eigenvalue weighted by molar-refractivity contribution is -0.136. The van der Waals surface area contributed by atoms with Crippen LogP contribution < -0.4 is 4.74 Å². The van der Waals surface area contributed by atoms with Crippen LogP contribution in [-0.4, -0.2) is 28.6 Å². The summed E-state index contributed by atoms with van der Waals surface area (Å²) in [6.45, 7) is 4.30. The molecule has 0 atom stereocenters. The van der Waals surface area contributed by atoms with Gasteiger partial charge in [0.1, 0.15) is 5.75 Å². The third-order valence-corrected chi connectivity index (χ3v) is 3.24. The second-order valence-electron chi connectivity index (χ2n) is 5.50. The molecule has 6 heteroatoms. The number of esters is 1. The summed E-state index contributed by atoms with van der Waals surface area (Å²) < 4.78 is 4.80. The number of rotatable bonds is 5. The Balaban J connectivity index is 0.000000260. The minimum Gasteiger partial charge on any atom is -0.481 e. The molecule has 0 aromatic heterocycles. The van der Waals surface area contributed by atoms with Crippen LogP contribution in [0.25, 0.3) is 0 Å². The van der Waals surface area contributed by atoms with Crippen molar-refractivity contribution in [1.82, 2.24) is 0 Å². The van der Waals surface area contributed by atoms with Gasteiger partial charge in [-0.2, -0.15) is 0 Å². The highest BCUT2D eigenvalue weighted by molar-refractivity contribution is 5.94. The number of Topliss-reactive ketones (excluding diaryl/α,β-unsaturated/α-hetero) is 2. The number of ketones is 2. The Kier molecular flexibility index (Phi) is 7.89. The first-order chi connectivity index (χ1) is 12.2. The molecular formula is C20H20O6. The fraction of sp³-hybridized carbons (Fsp3) is 0.200. The van der Waals surface area contributed by atoms with Crippen LogP contribution in [0.2, 0.25) is 0 Å². The van der Waals surface area contributed by atoms with E-state index in [4.69, 9.17) is 9.84 Å². The summed E-state index contributed by atoms with van der Waals surface area (Å²) in [4.78, 5) is 42.6. The predicted molar refractivity (Wildman–Crippen MR) is 95.5 cm³/mol. The maximum Gasteiger partial charge on any atom is 0.308 e. The van der Waals surface area contributed by atoms with Crippen LogP contribution in [0, 0.1) is 0 Å². The van der Waals surface area contributed by atoms with E-state index < -0.39 is 5.97 Å². The van der Waals surface area contributed by atoms with Crippen LogP contribution in [0.3, 0.4) is 0 Å². The lowest BCUT2D eigenvalue weighted by Gasteiger charge is -2.00. The SMILES string of the molecule is CC(=O)Oc1ccc(C(C)=O)cc1.CC(=O)c1ccc(CC(=O)O)cc1. The van der Waals surface area contributed by atoms with E-state index in [1.54, 1.807) is 48.5 Å². The zero-order chi connectivity index (χ0) is 19.7. The second-order valence-corrected chi connectivity index (χ2v) is 5.50. The van der Waals surface area contributed by atoms with Gasteiger partial charge in [0, 0.05) is 18.1 Å². The fourth-order valence-electron chi connectivity index (χ4n) is 1.96. The standard InChI is InChI=1S/2C10H10O3/c1-7(11)9-3-5-10(6-4-9)13-8(2)12;1-7(11)9-4-2-8(3-5-9)6-10(12)13/h3-6H,1-2H3;2-5H,6H2,1H3,(H,12,13). The molecule has 0 saturated heterocycles. The van der Waals surface area contributed by atoms with E-state index in [9.17, 15) is 19.2 Å². The van der Waals surface area contributed by atoms with Crippen LogP contribution in [0.15, 0.2) is 48.5 Å². The van der Waals surface area contributed by atoms with Crippen molar-refractivity contribution >= 4 is 23.5 Å². The summed E-state index contributed by atoms with van der Waals surface area (Å²) >= 11 is 0. The van der Waals surface area contributed by atoms with Crippen LogP contribution in [-0.2, 0) is 16.0 Å². The average molecular weight is 356 g/mol. The summed E-state index contributed by atoms with van der Waals surface area (Å²) in [7, 11) is 0. The highest BCUT2D eigenvalue weighted by Gasteiger charge is 2.02. The van der Waals surface area contributed by atoms with E-state index in [2.05, 4.69) is 0 Å². The topological polar surface area (TPSA) is 97.7 Å². The molecule has 0 saturated carbocycles. The Morgan fingerprint density at radius 3 is 1.54 bits per heavy atom. The molecule has 2 aromatic carbocycles. The van der Waals surface area contributed by atoms with Crippen LogP contribution >= 0.6 is 0 Å². The Labute approximate surface area is 151 Å². The molecular weight excluding hydrogens is 336 g/mol. The lowest BCUT2D eigenvalue weighted by atomic mass is 10.1. The fourth-order valence-corrected chi connectivity index (χ4v) is 1.96. The first-order valence-corrected chi connectivity index (χ1v) is 7.80. The number of benzene rings is 2. The minimum atomic E-state index is -0.865. The molecule has 0 aliphatic rings. The summed E-state index contributed by atoms with van der Waals surface area (Å²) in [5, 5.41) is 8.48. The van der Waals surface area contributed by atoms with Gasteiger partial charge in [0.05, 0.1) is 6.42 Å². The van der Waals surface area contributed by atoms with Gasteiger partial charge in [-0.25, -0.2) is 0 Å². The van der Waals surface area contributed by atoms with Crippen LogP contribution in [0.1, 0.15) is 47.1 Å². The Morgan fingerprint density at radius 2 is 1.19 bits per heavy atom. The molecule has 0 unspecified atom stereocenters. The average Bonchev–Trinajstić information content (AvgIpc) is 2.55. The largest absolute Gasteiger partial charge is 0.481 e. The van der Waals surface area contributed by atoms with Gasteiger partial charge in [0.15, 0.2) is 11.6 Å². The van der Waals surface area contributed by atoms with Gasteiger partial charge >= 0.3 is 11.9 Å². The van der Waals surface area contributed by atoms with E-state index in [-0.39, 0.29) is 24.0 Å². The van der Waals surface area contributed by atoms with E-state index in [0.717, 1.165) is 0 Å². The molecule has 26 heavy (non-hydrogen) atoms. The monoisotopic (exact) mass is 356 g/mol. The minimum absolute atomic E-state index is 0.00180. The smallest absolute Gasteiger partial charge is 0.308 e. The predicted octanol–water partition coefficient (Wildman–Crippen LogP) is 3.33. The van der Waals surface area contributed by atoms with Crippen molar-refractivity contribution in [2.75, 3.05) is 0 Å². The summed E-state index contributed by atoms with van der Waals surface area (Å²) in [5.74, 6) is -0.792. The number of carbonyl (C=O) groups is 4. The molecule has 136 valence electrons. The van der Waals surface area contributed by atoms with E-state index in [1.807, 2.05) is 0 Å². The Morgan fingerprint density at radius 1 is 0.769 bits per heavy atom. The summed E-state index contributed by atoms with van der Waals surface area (Å²) in [6, 6.07) is 13.0. The summed E-state index contributed by atoms with van der Waals surface area (Å²) in [5.41, 5.74) is 1.92. The Bertz CT molecular complexity index is 719. The van der Waals surface area contributed by atoms with Crippen LogP contribution in [0.5, 0.6) is 5.75 Å². The van der Waals surface area contributed by atoms with Gasteiger partial charge in [-0.1, -0.05) is 24.3 Å². The summed E-state index contributed by atoms with van der Waals surface area (Å²) in [6.07, 6.45) is -0.00180. The van der Waals surface area contributed by atoms with Gasteiger partial charge in [-0.15, -0.1) is 0 Å². The van der Waals surface area contributed by atoms with Gasteiger partial charge < -0.3 is 9.84 Å². The van der Waals surface area contributed by atoms with Crippen molar-refractivity contribution in [3.8, 4) is 5.75 Å². The Hall–Kier alpha value is -3.28. The van der Waals surface area contributed by atoms with Crippen molar-refractivity contribution in [2.45, 2.75) is 27.2 Å². The number of ether oxygens (including phenoxy) is 1. The van der Waals surface area contributed by atoms with Crippen molar-refractivity contribution in [3.05, 3.63) is 65.2 Å². The quantitative estimate of drug-likeness (QED) is 0.501. The third kappa shape index (κ3) is 7.53. The van der Waals surface area contributed by atoms with E-state index >= 15 is 0 Å². The number of carboxylic acids is 1. The van der Waals surface area contributed by atoms with Crippen molar-refractivity contribution in [3.63, 3.8) is 0 Å². The first kappa shape index (κ1) is 20.8. The number of aliphatic carboxylic acids is 1. The van der Waals surface area contributed by atoms with E-state index in [0.29, 0.717) is 22.4 Å². The molecule has 0 spiro atoms. The normalized spacial score (nSPS) is 9.50. The zero-order valence-corrected chi connectivity index (χ0v) is 14.8. The molecule has 0 fully saturated rings. The zero-order valence-electron chi connectivity index (χ0n) is 14.8. The number of carboxylic acid groups (broad SMARTS) is 1. The van der Waals surface area contributed by atoms with Gasteiger partial charge in [0.25, 0.3) is 0 Å². The maximum absolute atomic E-state index is 10.9. The van der Waals surface area contributed by atoms with Crippen molar-refractivity contribution in [1.29, 1.82) is 0 Å². The van der Waals surface area contributed by atoms with Crippen LogP contribution in [0.4, 0.5) is 0 Å². The first-order valence-electron chi connectivity index (χ1n) is 7.80. The maximum atomic E-state index is 10.9. The number of hydrogen-bond acceptors (Lipinski definition) is 5. The number of hydrogen-bond donors (Lipinski definition) is 1. The molecule has 0 aliphatic heterocycles. The highest BCUT2D eigenvalue weighted by atomic mass is 16.5. The molecule has 2 aromatic rings. The molecule has 0 amide bonds. The van der Waals surface area contributed by atoms with Gasteiger partial charge in [-0.05, 0) is 43.7 Å². The van der Waals surface area contributed by atoms with Gasteiger partial charge in [0.2, 0.25) is 0 Å². The van der Waals surface area contributed by atoms with Crippen molar-refractivity contribution in [2.24, 2.45) is 0 Å². The molecule has 0 radical (unpaired) electrons. The molecule has 2 rings (SSSR count). The van der Waals surface area contributed by atoms with Gasteiger partial charge in [-0.3, -0.25) is 19.2 Å². The molecule has 0 heterocycles.